The molecule has 2 N–H and O–H groups in total. The Hall–Kier alpha value is -4.24. The van der Waals surface area contributed by atoms with E-state index < -0.39 is 24.3 Å². The third-order valence-electron chi connectivity index (χ3n) is 9.32. The Labute approximate surface area is 320 Å². The van der Waals surface area contributed by atoms with Gasteiger partial charge in [-0.15, -0.1) is 0 Å². The summed E-state index contributed by atoms with van der Waals surface area (Å²) in [5, 5.41) is 5.58. The first-order chi connectivity index (χ1) is 26.2. The molecule has 0 aromatic heterocycles. The SMILES string of the molecule is CC[C@@H](C)[C@H](NC(=O)OCc1ccccc1)C(=O)N1CCOCCOCCN(C(=O)[C@H](NC(=O)OCc2ccccc2)[C@@H](C)CC)CCOCCOCC1. The van der Waals surface area contributed by atoms with Crippen LogP contribution in [0.4, 0.5) is 9.59 Å². The summed E-state index contributed by atoms with van der Waals surface area (Å²) < 4.78 is 34.1. The second-order valence-corrected chi connectivity index (χ2v) is 13.2. The molecular weight excluding hydrogens is 696 g/mol. The minimum Gasteiger partial charge on any atom is -0.445 e. The third kappa shape index (κ3) is 16.4. The highest BCUT2D eigenvalue weighted by Crippen LogP contribution is 2.14. The van der Waals surface area contributed by atoms with E-state index in [2.05, 4.69) is 10.6 Å². The number of nitrogens with one attached hydrogen (secondary N) is 2. The van der Waals surface area contributed by atoms with Gasteiger partial charge in [0.1, 0.15) is 25.3 Å². The molecule has 2 aromatic carbocycles. The van der Waals surface area contributed by atoms with Gasteiger partial charge in [-0.1, -0.05) is 101 Å². The average Bonchev–Trinajstić information content (AvgIpc) is 3.20. The largest absolute Gasteiger partial charge is 0.445 e. The summed E-state index contributed by atoms with van der Waals surface area (Å²) >= 11 is 0. The van der Waals surface area contributed by atoms with Crippen molar-refractivity contribution in [3.63, 3.8) is 0 Å². The number of alkyl carbamates (subject to hydrolysis) is 2. The van der Waals surface area contributed by atoms with Crippen LogP contribution in [0.2, 0.25) is 0 Å². The minimum atomic E-state index is -0.788. The molecule has 0 bridgehead atoms. The molecule has 1 aliphatic rings. The van der Waals surface area contributed by atoms with E-state index in [1.165, 1.54) is 0 Å². The highest BCUT2D eigenvalue weighted by molar-refractivity contribution is 5.86. The van der Waals surface area contributed by atoms with Gasteiger partial charge in [0.15, 0.2) is 0 Å². The highest BCUT2D eigenvalue weighted by Gasteiger charge is 2.32. The first-order valence-electron chi connectivity index (χ1n) is 19.1. The molecule has 1 heterocycles. The fourth-order valence-electron chi connectivity index (χ4n) is 5.55. The lowest BCUT2D eigenvalue weighted by atomic mass is 9.98. The maximum absolute atomic E-state index is 13.8. The van der Waals surface area contributed by atoms with Crippen LogP contribution in [0.1, 0.15) is 51.7 Å². The van der Waals surface area contributed by atoms with Crippen molar-refractivity contribution in [3.05, 3.63) is 71.8 Å². The second-order valence-electron chi connectivity index (χ2n) is 13.2. The van der Waals surface area contributed by atoms with Gasteiger partial charge < -0.3 is 48.9 Å². The maximum Gasteiger partial charge on any atom is 0.408 e. The van der Waals surface area contributed by atoms with Gasteiger partial charge in [-0.2, -0.15) is 0 Å². The smallest absolute Gasteiger partial charge is 0.408 e. The molecule has 0 aliphatic carbocycles. The summed E-state index contributed by atoms with van der Waals surface area (Å²) in [4.78, 5) is 56.4. The molecule has 14 nitrogen and oxygen atoms in total. The number of carbonyl (C=O) groups is 4. The molecule has 3 rings (SSSR count). The van der Waals surface area contributed by atoms with Crippen molar-refractivity contribution in [1.82, 2.24) is 20.4 Å². The molecule has 0 unspecified atom stereocenters. The van der Waals surface area contributed by atoms with Crippen LogP contribution < -0.4 is 10.6 Å². The molecule has 4 amide bonds. The molecule has 1 saturated heterocycles. The number of ether oxygens (including phenoxy) is 6. The van der Waals surface area contributed by atoms with E-state index in [0.717, 1.165) is 11.1 Å². The first kappa shape index (κ1) is 44.2. The number of hydrogen-bond acceptors (Lipinski definition) is 10. The number of nitrogens with zero attached hydrogens (tertiary/aromatic N) is 2. The Kier molecular flexibility index (Phi) is 21.0. The summed E-state index contributed by atoms with van der Waals surface area (Å²) in [6, 6.07) is 17.1. The molecule has 1 fully saturated rings. The number of hydrogen-bond donors (Lipinski definition) is 2. The van der Waals surface area contributed by atoms with Gasteiger partial charge in [0.2, 0.25) is 11.8 Å². The van der Waals surface area contributed by atoms with E-state index in [4.69, 9.17) is 28.4 Å². The van der Waals surface area contributed by atoms with Crippen molar-refractivity contribution in [2.45, 2.75) is 65.8 Å². The van der Waals surface area contributed by atoms with E-state index >= 15 is 0 Å². The van der Waals surface area contributed by atoms with E-state index in [9.17, 15) is 19.2 Å². The minimum absolute atomic E-state index is 0.0970. The van der Waals surface area contributed by atoms with E-state index in [0.29, 0.717) is 12.8 Å². The van der Waals surface area contributed by atoms with E-state index in [-0.39, 0.29) is 116 Å². The first-order valence-corrected chi connectivity index (χ1v) is 19.1. The number of rotatable bonds is 12. The van der Waals surface area contributed by atoms with Crippen LogP contribution in [0, 0.1) is 11.8 Å². The van der Waals surface area contributed by atoms with Crippen molar-refractivity contribution in [2.24, 2.45) is 11.8 Å². The standard InChI is InChI=1S/C40H60N4O10/c1-5-31(3)35(41-39(47)53-29-33-13-9-7-10-14-33)37(45)43-17-21-49-25-27-51-23-19-44(20-24-52-28-26-50-22-18-43)38(46)36(32(4)6-2)42-40(48)54-30-34-15-11-8-12-16-34/h7-16,31-32,35-36H,5-6,17-30H2,1-4H3,(H,41,47)(H,42,48)/t31-,32+,35+,36-. The molecule has 300 valence electrons. The van der Waals surface area contributed by atoms with Crippen molar-refractivity contribution in [1.29, 1.82) is 0 Å². The Bertz CT molecular complexity index is 1250. The Morgan fingerprint density at radius 3 is 1.17 bits per heavy atom. The van der Waals surface area contributed by atoms with Crippen molar-refractivity contribution >= 4 is 24.0 Å². The van der Waals surface area contributed by atoms with Crippen LogP contribution in [0.3, 0.4) is 0 Å². The highest BCUT2D eigenvalue weighted by atomic mass is 16.6. The Balaban J connectivity index is 1.54. The zero-order chi connectivity index (χ0) is 39.0. The van der Waals surface area contributed by atoms with Crippen LogP contribution in [0.5, 0.6) is 0 Å². The molecule has 14 heteroatoms. The van der Waals surface area contributed by atoms with Crippen molar-refractivity contribution < 1.29 is 47.6 Å². The van der Waals surface area contributed by atoms with Crippen LogP contribution in [-0.2, 0) is 51.2 Å². The molecule has 54 heavy (non-hydrogen) atoms. The van der Waals surface area contributed by atoms with Gasteiger partial charge in [-0.05, 0) is 23.0 Å². The van der Waals surface area contributed by atoms with Crippen LogP contribution >= 0.6 is 0 Å². The van der Waals surface area contributed by atoms with Gasteiger partial charge in [-0.25, -0.2) is 9.59 Å². The Morgan fingerprint density at radius 2 is 0.870 bits per heavy atom. The number of benzene rings is 2. The fourth-order valence-corrected chi connectivity index (χ4v) is 5.55. The van der Waals surface area contributed by atoms with Crippen molar-refractivity contribution in [3.8, 4) is 0 Å². The summed E-state index contributed by atoms with van der Waals surface area (Å²) in [7, 11) is 0. The third-order valence-corrected chi connectivity index (χ3v) is 9.32. The zero-order valence-corrected chi connectivity index (χ0v) is 32.4. The van der Waals surface area contributed by atoms with Crippen molar-refractivity contribution in [2.75, 3.05) is 79.0 Å². The molecular formula is C40H60N4O10. The number of carbonyl (C=O) groups excluding carboxylic acids is 4. The molecule has 1 aliphatic heterocycles. The fraction of sp³-hybridized carbons (Fsp3) is 0.600. The van der Waals surface area contributed by atoms with Gasteiger partial charge >= 0.3 is 12.2 Å². The quantitative estimate of drug-likeness (QED) is 0.319. The van der Waals surface area contributed by atoms with Gasteiger partial charge in [0.05, 0.1) is 52.9 Å². The lowest BCUT2D eigenvalue weighted by Gasteiger charge is -2.31. The predicted molar refractivity (Wildman–Crippen MR) is 202 cm³/mol. The molecule has 2 aromatic rings. The van der Waals surface area contributed by atoms with Gasteiger partial charge in [0, 0.05) is 26.2 Å². The lowest BCUT2D eigenvalue weighted by Crippen LogP contribution is -2.53. The van der Waals surface area contributed by atoms with E-state index in [1.54, 1.807) is 9.80 Å². The van der Waals surface area contributed by atoms with Gasteiger partial charge in [-0.3, -0.25) is 9.59 Å². The molecule has 0 saturated carbocycles. The molecule has 0 radical (unpaired) electrons. The van der Waals surface area contributed by atoms with Crippen LogP contribution in [-0.4, -0.2) is 125 Å². The second kappa shape index (κ2) is 25.7. The molecule has 4 atom stereocenters. The van der Waals surface area contributed by atoms with Crippen LogP contribution in [0.15, 0.2) is 60.7 Å². The zero-order valence-electron chi connectivity index (χ0n) is 32.4. The maximum atomic E-state index is 13.8. The Morgan fingerprint density at radius 1 is 0.556 bits per heavy atom. The predicted octanol–water partition coefficient (Wildman–Crippen LogP) is 4.41. The summed E-state index contributed by atoms with van der Waals surface area (Å²) in [6.07, 6.45) is 0.0245. The van der Waals surface area contributed by atoms with Crippen LogP contribution in [0.25, 0.3) is 0 Å². The molecule has 0 spiro atoms. The summed E-state index contributed by atoms with van der Waals surface area (Å²) in [5.74, 6) is -0.770. The monoisotopic (exact) mass is 756 g/mol. The van der Waals surface area contributed by atoms with E-state index in [1.807, 2.05) is 88.4 Å². The summed E-state index contributed by atoms with van der Waals surface area (Å²) in [6.45, 7) is 11.2. The summed E-state index contributed by atoms with van der Waals surface area (Å²) in [5.41, 5.74) is 1.70. The average molecular weight is 757 g/mol. The topological polar surface area (TPSA) is 154 Å². The van der Waals surface area contributed by atoms with Gasteiger partial charge in [0.25, 0.3) is 0 Å². The normalized spacial score (nSPS) is 17.8. The number of amides is 4. The lowest BCUT2D eigenvalue weighted by molar-refractivity contribution is -0.138.